The summed E-state index contributed by atoms with van der Waals surface area (Å²) < 4.78 is 17.1. The van der Waals surface area contributed by atoms with Crippen LogP contribution in [0.4, 0.5) is 10.3 Å². The van der Waals surface area contributed by atoms with Gasteiger partial charge in [-0.15, -0.1) is 5.10 Å². The number of pyridine rings is 1. The summed E-state index contributed by atoms with van der Waals surface area (Å²) in [7, 11) is 0. The molecular formula is C30H29FN6O2. The third-order valence-corrected chi connectivity index (χ3v) is 7.31. The van der Waals surface area contributed by atoms with Crippen molar-refractivity contribution in [3.8, 4) is 11.1 Å². The Morgan fingerprint density at radius 3 is 2.54 bits per heavy atom. The maximum Gasteiger partial charge on any atom is 0.253 e. The molecule has 9 heteroatoms. The van der Waals surface area contributed by atoms with E-state index in [0.717, 1.165) is 47.0 Å². The summed E-state index contributed by atoms with van der Waals surface area (Å²) in [5, 5.41) is 11.1. The van der Waals surface area contributed by atoms with Crippen LogP contribution in [0.2, 0.25) is 0 Å². The van der Waals surface area contributed by atoms with E-state index in [1.807, 2.05) is 56.6 Å². The Morgan fingerprint density at radius 2 is 1.82 bits per heavy atom. The molecule has 198 valence electrons. The molecule has 1 atom stereocenters. The molecule has 5 aromatic rings. The summed E-state index contributed by atoms with van der Waals surface area (Å²) in [4.78, 5) is 30.1. The monoisotopic (exact) mass is 524 g/mol. The Labute approximate surface area is 224 Å². The second-order valence-electron chi connectivity index (χ2n) is 9.96. The lowest BCUT2D eigenvalue weighted by atomic mass is 10.0. The van der Waals surface area contributed by atoms with Gasteiger partial charge in [-0.25, -0.2) is 8.91 Å². The van der Waals surface area contributed by atoms with Crippen molar-refractivity contribution in [2.45, 2.75) is 45.7 Å². The van der Waals surface area contributed by atoms with Crippen LogP contribution in [0.3, 0.4) is 0 Å². The zero-order valence-electron chi connectivity index (χ0n) is 21.8. The highest BCUT2D eigenvalue weighted by molar-refractivity contribution is 6.08. The SMILES string of the molecule is CC[C@H](NC(=O)c1cn(CC)c2ccc(-c3ccn4nc(NC(=O)C5CC5)nc4c3)cc12)c1ccc(F)cc1. The molecule has 0 spiro atoms. The van der Waals surface area contributed by atoms with Gasteiger partial charge >= 0.3 is 0 Å². The van der Waals surface area contributed by atoms with E-state index in [0.29, 0.717) is 23.6 Å². The van der Waals surface area contributed by atoms with Gasteiger partial charge in [-0.05, 0) is 79.3 Å². The fourth-order valence-corrected chi connectivity index (χ4v) is 4.94. The number of amides is 2. The minimum atomic E-state index is -0.304. The van der Waals surface area contributed by atoms with E-state index in [1.165, 1.54) is 12.1 Å². The number of benzene rings is 2. The van der Waals surface area contributed by atoms with Crippen molar-refractivity contribution in [1.29, 1.82) is 0 Å². The number of hydrogen-bond acceptors (Lipinski definition) is 4. The molecule has 1 saturated carbocycles. The summed E-state index contributed by atoms with van der Waals surface area (Å²) in [6.45, 7) is 4.76. The maximum absolute atomic E-state index is 13.5. The molecule has 0 saturated heterocycles. The van der Waals surface area contributed by atoms with E-state index in [1.54, 1.807) is 16.6 Å². The van der Waals surface area contributed by atoms with Gasteiger partial charge in [-0.1, -0.05) is 25.1 Å². The van der Waals surface area contributed by atoms with Crippen molar-refractivity contribution < 1.29 is 14.0 Å². The minimum absolute atomic E-state index is 0.0347. The Hall–Kier alpha value is -4.53. The molecule has 39 heavy (non-hydrogen) atoms. The van der Waals surface area contributed by atoms with E-state index in [9.17, 15) is 14.0 Å². The van der Waals surface area contributed by atoms with Gasteiger partial charge in [-0.3, -0.25) is 14.9 Å². The highest BCUT2D eigenvalue weighted by Crippen LogP contribution is 2.31. The molecule has 6 rings (SSSR count). The van der Waals surface area contributed by atoms with E-state index in [2.05, 4.69) is 25.3 Å². The number of carbonyl (C=O) groups is 2. The fraction of sp³-hybridized carbons (Fsp3) is 0.267. The van der Waals surface area contributed by atoms with Crippen LogP contribution in [0, 0.1) is 11.7 Å². The number of aromatic nitrogens is 4. The summed E-state index contributed by atoms with van der Waals surface area (Å²) in [6.07, 6.45) is 6.20. The van der Waals surface area contributed by atoms with Crippen LogP contribution in [0.1, 0.15) is 55.1 Å². The Balaban J connectivity index is 1.31. The van der Waals surface area contributed by atoms with Crippen molar-refractivity contribution in [1.82, 2.24) is 24.5 Å². The summed E-state index contributed by atoms with van der Waals surface area (Å²) in [5.74, 6) is -0.145. The number of nitrogens with zero attached hydrogens (tertiary/aromatic N) is 4. The normalized spacial score (nSPS) is 14.0. The molecule has 8 nitrogen and oxygen atoms in total. The van der Waals surface area contributed by atoms with E-state index in [-0.39, 0.29) is 29.6 Å². The van der Waals surface area contributed by atoms with Gasteiger partial charge in [0.2, 0.25) is 11.9 Å². The molecule has 0 aliphatic heterocycles. The summed E-state index contributed by atoms with van der Waals surface area (Å²) in [6, 6.07) is 15.9. The second kappa shape index (κ2) is 9.98. The molecule has 1 aliphatic rings. The van der Waals surface area contributed by atoms with Crippen LogP contribution in [-0.2, 0) is 11.3 Å². The molecule has 0 radical (unpaired) electrons. The van der Waals surface area contributed by atoms with E-state index < -0.39 is 0 Å². The highest BCUT2D eigenvalue weighted by atomic mass is 19.1. The summed E-state index contributed by atoms with van der Waals surface area (Å²) >= 11 is 0. The first-order chi connectivity index (χ1) is 18.9. The van der Waals surface area contributed by atoms with Crippen LogP contribution in [-0.4, -0.2) is 31.0 Å². The number of fused-ring (bicyclic) bond motifs is 2. The quantitative estimate of drug-likeness (QED) is 0.271. The third kappa shape index (κ3) is 4.87. The lowest BCUT2D eigenvalue weighted by molar-refractivity contribution is -0.117. The Kier molecular flexibility index (Phi) is 6.34. The van der Waals surface area contributed by atoms with Crippen LogP contribution >= 0.6 is 0 Å². The topological polar surface area (TPSA) is 93.3 Å². The van der Waals surface area contributed by atoms with Crippen molar-refractivity contribution in [3.63, 3.8) is 0 Å². The number of nitrogens with one attached hydrogen (secondary N) is 2. The molecule has 0 bridgehead atoms. The van der Waals surface area contributed by atoms with Crippen LogP contribution < -0.4 is 10.6 Å². The number of rotatable bonds is 8. The number of halogens is 1. The lowest BCUT2D eigenvalue weighted by Crippen LogP contribution is -2.28. The Morgan fingerprint density at radius 1 is 1.05 bits per heavy atom. The number of aryl methyl sites for hydroxylation is 1. The van der Waals surface area contributed by atoms with E-state index in [4.69, 9.17) is 0 Å². The van der Waals surface area contributed by atoms with Crippen molar-refractivity contribution in [2.75, 3.05) is 5.32 Å². The molecule has 2 aromatic carbocycles. The molecule has 2 N–H and O–H groups in total. The van der Waals surface area contributed by atoms with Crippen molar-refractivity contribution in [2.24, 2.45) is 5.92 Å². The van der Waals surface area contributed by atoms with Gasteiger partial charge in [0, 0.05) is 35.8 Å². The average Bonchev–Trinajstić information content (AvgIpc) is 3.63. The van der Waals surface area contributed by atoms with Gasteiger partial charge < -0.3 is 9.88 Å². The van der Waals surface area contributed by atoms with Crippen molar-refractivity contribution in [3.05, 3.63) is 83.9 Å². The zero-order chi connectivity index (χ0) is 27.1. The predicted molar refractivity (Wildman–Crippen MR) is 148 cm³/mol. The number of anilines is 1. The standard InChI is InChI=1S/C30H29FN6O2/c1-3-25(18-7-10-22(31)11-8-18)32-29(39)24-17-36(4-2)26-12-9-20(15-23(24)26)21-13-14-37-27(16-21)33-30(35-37)34-28(38)19-5-6-19/h7-17,19,25H,3-6H2,1-2H3,(H,32,39)(H,34,35,38)/t25-/m0/s1. The molecule has 1 fully saturated rings. The minimum Gasteiger partial charge on any atom is -0.347 e. The number of carbonyl (C=O) groups excluding carboxylic acids is 2. The number of hydrogen-bond donors (Lipinski definition) is 2. The summed E-state index contributed by atoms with van der Waals surface area (Å²) in [5.41, 5.74) is 4.89. The van der Waals surface area contributed by atoms with Gasteiger partial charge in [0.05, 0.1) is 11.6 Å². The van der Waals surface area contributed by atoms with Gasteiger partial charge in [-0.2, -0.15) is 4.98 Å². The van der Waals surface area contributed by atoms with Gasteiger partial charge in [0.25, 0.3) is 5.91 Å². The third-order valence-electron chi connectivity index (χ3n) is 7.31. The zero-order valence-corrected chi connectivity index (χ0v) is 21.8. The first kappa shape index (κ1) is 24.8. The van der Waals surface area contributed by atoms with Crippen LogP contribution in [0.25, 0.3) is 27.7 Å². The maximum atomic E-state index is 13.5. The van der Waals surface area contributed by atoms with Crippen LogP contribution in [0.5, 0.6) is 0 Å². The fourth-order valence-electron chi connectivity index (χ4n) is 4.94. The lowest BCUT2D eigenvalue weighted by Gasteiger charge is -2.17. The van der Waals surface area contributed by atoms with E-state index >= 15 is 0 Å². The Bertz CT molecular complexity index is 1700. The average molecular weight is 525 g/mol. The molecule has 3 heterocycles. The predicted octanol–water partition coefficient (Wildman–Crippen LogP) is 5.74. The van der Waals surface area contributed by atoms with Gasteiger partial charge in [0.15, 0.2) is 5.65 Å². The van der Waals surface area contributed by atoms with Crippen LogP contribution in [0.15, 0.2) is 67.0 Å². The van der Waals surface area contributed by atoms with Gasteiger partial charge in [0.1, 0.15) is 5.82 Å². The second-order valence-corrected chi connectivity index (χ2v) is 9.96. The molecule has 2 amide bonds. The van der Waals surface area contributed by atoms with Crippen molar-refractivity contribution >= 4 is 34.3 Å². The smallest absolute Gasteiger partial charge is 0.253 e. The first-order valence-corrected chi connectivity index (χ1v) is 13.3. The molecular weight excluding hydrogens is 495 g/mol. The first-order valence-electron chi connectivity index (χ1n) is 13.3. The molecule has 0 unspecified atom stereocenters. The molecule has 3 aromatic heterocycles. The highest BCUT2D eigenvalue weighted by Gasteiger charge is 2.30. The molecule has 1 aliphatic carbocycles. The largest absolute Gasteiger partial charge is 0.347 e.